The van der Waals surface area contributed by atoms with Crippen molar-refractivity contribution in [1.29, 1.82) is 0 Å². The summed E-state index contributed by atoms with van der Waals surface area (Å²) in [5.41, 5.74) is 7.46. The number of benzene rings is 1. The Bertz CT molecular complexity index is 1640. The van der Waals surface area contributed by atoms with E-state index >= 15 is 0 Å². The van der Waals surface area contributed by atoms with Crippen molar-refractivity contribution in [2.75, 3.05) is 11.1 Å². The number of aromatic nitrogens is 5. The number of fused-ring (bicyclic) bond motifs is 2. The first-order valence-electron chi connectivity index (χ1n) is 12.3. The Morgan fingerprint density at radius 1 is 1.15 bits per heavy atom. The largest absolute Gasteiger partial charge is 0.481 e. The first kappa shape index (κ1) is 27.3. The van der Waals surface area contributed by atoms with Crippen molar-refractivity contribution in [3.63, 3.8) is 0 Å². The van der Waals surface area contributed by atoms with Crippen molar-refractivity contribution in [1.82, 2.24) is 24.7 Å². The molecule has 0 saturated heterocycles. The molecule has 10 nitrogen and oxygen atoms in total. The Labute approximate surface area is 230 Å². The number of rotatable bonds is 8. The standard InChI is InChI=1S/C26H23ClF3N7O3/c1-25(14-6-3-13(4-7-14)5-10-17(38)39)18-20(31)33-22(34-21(18)35-24(25)40)19-15-8-9-16(27)32-23(15)37(36-19)12-2-11-26(28,29)30/h3-4,6-9H,2,5,10-12H2,1H3,(H,38,39)(H3,31,33,34,35,40)/t25-/m0/s1. The van der Waals surface area contributed by atoms with Crippen LogP contribution in [0, 0.1) is 0 Å². The van der Waals surface area contributed by atoms with Gasteiger partial charge < -0.3 is 16.2 Å². The number of pyridine rings is 1. The second-order valence-corrected chi connectivity index (χ2v) is 10.0. The van der Waals surface area contributed by atoms with Crippen LogP contribution < -0.4 is 11.1 Å². The molecule has 1 atom stereocenters. The number of nitrogen functional groups attached to an aromatic ring is 1. The van der Waals surface area contributed by atoms with Gasteiger partial charge in [-0.25, -0.2) is 19.6 Å². The Balaban J connectivity index is 1.52. The van der Waals surface area contributed by atoms with Crippen molar-refractivity contribution in [2.45, 2.75) is 50.7 Å². The number of nitrogens with zero attached hydrogens (tertiary/aromatic N) is 5. The van der Waals surface area contributed by atoms with Crippen molar-refractivity contribution >= 4 is 46.1 Å². The number of nitrogens with one attached hydrogen (secondary N) is 1. The molecule has 4 aromatic rings. The van der Waals surface area contributed by atoms with E-state index in [-0.39, 0.29) is 59.2 Å². The molecule has 0 radical (unpaired) electrons. The van der Waals surface area contributed by atoms with Gasteiger partial charge in [0, 0.05) is 19.4 Å². The zero-order valence-corrected chi connectivity index (χ0v) is 21.8. The average molecular weight is 574 g/mol. The van der Waals surface area contributed by atoms with Crippen LogP contribution in [0.3, 0.4) is 0 Å². The number of carboxylic acid groups (broad SMARTS) is 1. The number of aliphatic carboxylic acids is 1. The van der Waals surface area contributed by atoms with Crippen LogP contribution in [-0.2, 0) is 28.0 Å². The first-order chi connectivity index (χ1) is 18.9. The molecule has 0 spiro atoms. The van der Waals surface area contributed by atoms with Gasteiger partial charge in [0.05, 0.1) is 10.9 Å². The minimum atomic E-state index is -4.31. The first-order valence-corrected chi connectivity index (χ1v) is 12.7. The highest BCUT2D eigenvalue weighted by molar-refractivity contribution is 6.29. The number of nitrogens with two attached hydrogens (primary N) is 1. The van der Waals surface area contributed by atoms with Gasteiger partial charge in [-0.2, -0.15) is 18.3 Å². The molecule has 14 heteroatoms. The van der Waals surface area contributed by atoms with Crippen LogP contribution in [-0.4, -0.2) is 47.9 Å². The number of amides is 1. The summed E-state index contributed by atoms with van der Waals surface area (Å²) >= 11 is 6.04. The molecule has 1 aromatic carbocycles. The zero-order chi connectivity index (χ0) is 28.8. The number of hydrogen-bond donors (Lipinski definition) is 3. The van der Waals surface area contributed by atoms with Crippen LogP contribution in [0.15, 0.2) is 36.4 Å². The van der Waals surface area contributed by atoms with Crippen LogP contribution in [0.25, 0.3) is 22.6 Å². The topological polar surface area (TPSA) is 149 Å². The van der Waals surface area contributed by atoms with E-state index in [4.69, 9.17) is 22.4 Å². The fraction of sp³-hybridized carbons (Fsp3) is 0.308. The van der Waals surface area contributed by atoms with E-state index in [1.165, 1.54) is 10.7 Å². The summed E-state index contributed by atoms with van der Waals surface area (Å²) in [5.74, 6) is -1.01. The minimum absolute atomic E-state index is 0.0159. The lowest BCUT2D eigenvalue weighted by Crippen LogP contribution is -2.33. The molecule has 0 saturated carbocycles. The smallest absolute Gasteiger partial charge is 0.389 e. The summed E-state index contributed by atoms with van der Waals surface area (Å²) < 4.78 is 39.5. The van der Waals surface area contributed by atoms with Gasteiger partial charge in [-0.05, 0) is 43.0 Å². The molecule has 208 valence electrons. The molecule has 5 rings (SSSR count). The lowest BCUT2D eigenvalue weighted by atomic mass is 9.77. The second-order valence-electron chi connectivity index (χ2n) is 9.62. The highest BCUT2D eigenvalue weighted by atomic mass is 35.5. The third-order valence-corrected chi connectivity index (χ3v) is 7.10. The number of anilines is 2. The van der Waals surface area contributed by atoms with E-state index in [2.05, 4.69) is 25.4 Å². The molecule has 1 amide bonds. The summed E-state index contributed by atoms with van der Waals surface area (Å²) in [4.78, 5) is 37.3. The number of carbonyl (C=O) groups excluding carboxylic acids is 1. The Hall–Kier alpha value is -4.26. The molecule has 0 fully saturated rings. The van der Waals surface area contributed by atoms with Gasteiger partial charge in [-0.15, -0.1) is 0 Å². The monoisotopic (exact) mass is 573 g/mol. The number of aryl methyl sites for hydroxylation is 2. The van der Waals surface area contributed by atoms with E-state index in [0.717, 1.165) is 5.56 Å². The summed E-state index contributed by atoms with van der Waals surface area (Å²) in [6.45, 7) is 1.62. The molecule has 40 heavy (non-hydrogen) atoms. The SMILES string of the molecule is C[C@@]1(c2ccc(CCC(=O)O)cc2)C(=O)Nc2nc(-c3nn(CCCC(F)(F)F)c4nc(Cl)ccc34)nc(N)c21. The molecule has 0 bridgehead atoms. The Kier molecular flexibility index (Phi) is 6.86. The van der Waals surface area contributed by atoms with Gasteiger partial charge in [-0.1, -0.05) is 35.9 Å². The maximum absolute atomic E-state index is 13.3. The zero-order valence-electron chi connectivity index (χ0n) is 21.1. The summed E-state index contributed by atoms with van der Waals surface area (Å²) in [5, 5.41) is 16.7. The van der Waals surface area contributed by atoms with Crippen LogP contribution >= 0.6 is 11.6 Å². The summed E-state index contributed by atoms with van der Waals surface area (Å²) in [6.07, 6.45) is -5.18. The lowest BCUT2D eigenvalue weighted by Gasteiger charge is -2.23. The molecular weight excluding hydrogens is 551 g/mol. The van der Waals surface area contributed by atoms with Gasteiger partial charge >= 0.3 is 12.1 Å². The predicted octanol–water partition coefficient (Wildman–Crippen LogP) is 4.74. The van der Waals surface area contributed by atoms with E-state index < -0.39 is 24.0 Å². The van der Waals surface area contributed by atoms with Gasteiger partial charge in [0.25, 0.3) is 0 Å². The maximum Gasteiger partial charge on any atom is 0.389 e. The van der Waals surface area contributed by atoms with Crippen molar-refractivity contribution in [2.24, 2.45) is 0 Å². The van der Waals surface area contributed by atoms with Crippen LogP contribution in [0.5, 0.6) is 0 Å². The van der Waals surface area contributed by atoms with Gasteiger partial charge in [0.2, 0.25) is 5.91 Å². The number of alkyl halides is 3. The van der Waals surface area contributed by atoms with Gasteiger partial charge in [0.15, 0.2) is 11.5 Å². The fourth-order valence-electron chi connectivity index (χ4n) is 4.82. The number of carbonyl (C=O) groups is 2. The van der Waals surface area contributed by atoms with Crippen LogP contribution in [0.1, 0.15) is 42.9 Å². The summed E-state index contributed by atoms with van der Waals surface area (Å²) in [6, 6.07) is 10.1. The molecule has 0 aliphatic carbocycles. The molecule has 1 aliphatic heterocycles. The third kappa shape index (κ3) is 5.04. The van der Waals surface area contributed by atoms with Crippen LogP contribution in [0.4, 0.5) is 24.8 Å². The molecule has 0 unspecified atom stereocenters. The fourth-order valence-corrected chi connectivity index (χ4v) is 4.97. The normalized spacial score (nSPS) is 16.8. The van der Waals surface area contributed by atoms with Gasteiger partial charge in [-0.3, -0.25) is 9.59 Å². The predicted molar refractivity (Wildman–Crippen MR) is 141 cm³/mol. The number of halogens is 4. The van der Waals surface area contributed by atoms with E-state index in [0.29, 0.717) is 22.9 Å². The van der Waals surface area contributed by atoms with E-state index in [1.807, 2.05) is 0 Å². The maximum atomic E-state index is 13.3. The number of carboxylic acids is 1. The van der Waals surface area contributed by atoms with Crippen molar-refractivity contribution < 1.29 is 27.9 Å². The second kappa shape index (κ2) is 10.0. The molecule has 4 N–H and O–H groups in total. The number of hydrogen-bond acceptors (Lipinski definition) is 7. The molecule has 3 aromatic heterocycles. The summed E-state index contributed by atoms with van der Waals surface area (Å²) in [7, 11) is 0. The highest BCUT2D eigenvalue weighted by Gasteiger charge is 2.47. The minimum Gasteiger partial charge on any atom is -0.481 e. The highest BCUT2D eigenvalue weighted by Crippen LogP contribution is 2.45. The van der Waals surface area contributed by atoms with Gasteiger partial charge in [0.1, 0.15) is 27.9 Å². The molecule has 4 heterocycles. The van der Waals surface area contributed by atoms with E-state index in [1.54, 1.807) is 37.3 Å². The third-order valence-electron chi connectivity index (χ3n) is 6.89. The Morgan fingerprint density at radius 2 is 1.88 bits per heavy atom. The lowest BCUT2D eigenvalue weighted by molar-refractivity contribution is -0.137. The van der Waals surface area contributed by atoms with Crippen molar-refractivity contribution in [3.8, 4) is 11.5 Å². The molecule has 1 aliphatic rings. The van der Waals surface area contributed by atoms with Crippen molar-refractivity contribution in [3.05, 3.63) is 58.2 Å². The molecular formula is C26H23ClF3N7O3. The Morgan fingerprint density at radius 3 is 2.55 bits per heavy atom. The average Bonchev–Trinajstić information content (AvgIpc) is 3.36. The van der Waals surface area contributed by atoms with E-state index in [9.17, 15) is 22.8 Å². The quantitative estimate of drug-likeness (QED) is 0.256. The van der Waals surface area contributed by atoms with Crippen LogP contribution in [0.2, 0.25) is 5.15 Å².